The number of hydrogen-bond donors (Lipinski definition) is 4. The van der Waals surface area contributed by atoms with Crippen molar-refractivity contribution in [2.24, 2.45) is 0 Å². The second kappa shape index (κ2) is 5.90. The van der Waals surface area contributed by atoms with Gasteiger partial charge in [0.15, 0.2) is 17.4 Å². The van der Waals surface area contributed by atoms with Crippen molar-refractivity contribution in [3.8, 4) is 0 Å². The van der Waals surface area contributed by atoms with Gasteiger partial charge in [-0.05, 0) is 0 Å². The van der Waals surface area contributed by atoms with E-state index in [-0.39, 0.29) is 42.1 Å². The van der Waals surface area contributed by atoms with Crippen LogP contribution in [0, 0.1) is 0 Å². The van der Waals surface area contributed by atoms with E-state index in [1.165, 1.54) is 17.2 Å². The van der Waals surface area contributed by atoms with Gasteiger partial charge >= 0.3 is 29.6 Å². The molecule has 0 aromatic carbocycles. The molecule has 9 nitrogen and oxygen atoms in total. The van der Waals surface area contributed by atoms with Crippen LogP contribution >= 0.6 is 0 Å². The maximum absolute atomic E-state index is 11.5. The molecule has 0 bridgehead atoms. The zero-order chi connectivity index (χ0) is 13.6. The van der Waals surface area contributed by atoms with Crippen molar-refractivity contribution in [1.29, 1.82) is 0 Å². The van der Waals surface area contributed by atoms with E-state index in [9.17, 15) is 15.0 Å². The van der Waals surface area contributed by atoms with Crippen molar-refractivity contribution >= 4 is 11.2 Å². The Morgan fingerprint density at radius 1 is 1.40 bits per heavy atom. The molecule has 2 aromatic rings. The number of imidazole rings is 1. The molecule has 0 saturated carbocycles. The largest absolute Gasteiger partial charge is 1.00 e. The van der Waals surface area contributed by atoms with Crippen molar-refractivity contribution < 1.29 is 51.0 Å². The van der Waals surface area contributed by atoms with Gasteiger partial charge in [0.2, 0.25) is 0 Å². The molecule has 3 rings (SSSR count). The smallest absolute Gasteiger partial charge is 1.00 e. The van der Waals surface area contributed by atoms with Crippen molar-refractivity contribution in [3.63, 3.8) is 0 Å². The van der Waals surface area contributed by atoms with E-state index in [0.717, 1.165) is 0 Å². The molecule has 10 heteroatoms. The first kappa shape index (κ1) is 15.6. The number of aromatic nitrogens is 4. The molecule has 1 fully saturated rings. The van der Waals surface area contributed by atoms with Gasteiger partial charge in [-0.2, -0.15) is 0 Å². The molecular weight excluding hydrogens is 279 g/mol. The number of fused-ring (bicyclic) bond motifs is 1. The molecule has 0 spiro atoms. The number of rotatable bonds is 2. The van der Waals surface area contributed by atoms with Gasteiger partial charge in [0, 0.05) is 0 Å². The summed E-state index contributed by atoms with van der Waals surface area (Å²) in [5.41, 5.74) is -0.0608. The van der Waals surface area contributed by atoms with E-state index in [2.05, 4.69) is 15.0 Å². The fourth-order valence-electron chi connectivity index (χ4n) is 2.16. The van der Waals surface area contributed by atoms with Gasteiger partial charge in [0.1, 0.15) is 18.3 Å². The molecule has 2 unspecified atom stereocenters. The zero-order valence-electron chi connectivity index (χ0n) is 11.7. The number of ether oxygens (including phenoxy) is 1. The van der Waals surface area contributed by atoms with Crippen LogP contribution < -0.4 is 35.1 Å². The molecule has 0 radical (unpaired) electrons. The third-order valence-electron chi connectivity index (χ3n) is 3.16. The topological polar surface area (TPSA) is 133 Å². The van der Waals surface area contributed by atoms with Crippen LogP contribution in [0.1, 0.15) is 7.65 Å². The average Bonchev–Trinajstić information content (AvgIpc) is 2.94. The molecular formula is C10H13N4NaO5. The number of aliphatic hydroxyl groups excluding tert-OH is 3. The Hall–Kier alpha value is -0.810. The molecule has 0 amide bonds. The van der Waals surface area contributed by atoms with Crippen LogP contribution in [0.15, 0.2) is 17.4 Å². The molecule has 4 N–H and O–H groups in total. The molecule has 0 aliphatic carbocycles. The van der Waals surface area contributed by atoms with Crippen LogP contribution in [0.2, 0.25) is 0 Å². The van der Waals surface area contributed by atoms with Gasteiger partial charge in [-0.25, -0.2) is 9.97 Å². The number of H-pyrrole nitrogens is 1. The van der Waals surface area contributed by atoms with Gasteiger partial charge in [-0.1, -0.05) is 0 Å². The molecule has 2 aromatic heterocycles. The van der Waals surface area contributed by atoms with Gasteiger partial charge in [0.05, 0.1) is 19.3 Å². The van der Waals surface area contributed by atoms with E-state index in [4.69, 9.17) is 9.84 Å². The Labute approximate surface area is 136 Å². The number of hydrogen-bond acceptors (Lipinski definition) is 7. The Morgan fingerprint density at radius 3 is 2.80 bits per heavy atom. The SMILES string of the molecule is O=c1[nH]cnc2c1ncn2[C@@H]1O[C@H](CO)C(O)C1O.[H-].[Na+]. The summed E-state index contributed by atoms with van der Waals surface area (Å²) in [7, 11) is 0. The van der Waals surface area contributed by atoms with Gasteiger partial charge in [-0.15, -0.1) is 0 Å². The summed E-state index contributed by atoms with van der Waals surface area (Å²) in [5.74, 6) is 0. The molecule has 104 valence electrons. The zero-order valence-corrected chi connectivity index (χ0v) is 12.7. The number of aliphatic hydroxyl groups is 3. The normalized spacial score (nSPS) is 29.6. The summed E-state index contributed by atoms with van der Waals surface area (Å²) in [4.78, 5) is 21.8. The molecule has 1 aliphatic rings. The van der Waals surface area contributed by atoms with Crippen LogP contribution in [-0.2, 0) is 4.74 Å². The van der Waals surface area contributed by atoms with Gasteiger partial charge < -0.3 is 26.5 Å². The maximum atomic E-state index is 11.5. The van der Waals surface area contributed by atoms with Crippen molar-refractivity contribution in [3.05, 3.63) is 23.0 Å². The van der Waals surface area contributed by atoms with E-state index in [1.54, 1.807) is 0 Å². The minimum Gasteiger partial charge on any atom is -1.00 e. The monoisotopic (exact) mass is 292 g/mol. The summed E-state index contributed by atoms with van der Waals surface area (Å²) in [6, 6.07) is 0. The second-order valence-corrected chi connectivity index (χ2v) is 4.28. The minimum absolute atomic E-state index is 0. The van der Waals surface area contributed by atoms with Crippen molar-refractivity contribution in [1.82, 2.24) is 19.5 Å². The van der Waals surface area contributed by atoms with E-state index < -0.39 is 36.7 Å². The predicted octanol–water partition coefficient (Wildman–Crippen LogP) is -5.15. The van der Waals surface area contributed by atoms with Crippen molar-refractivity contribution in [2.45, 2.75) is 24.5 Å². The number of nitrogens with one attached hydrogen (secondary N) is 1. The van der Waals surface area contributed by atoms with Crippen LogP contribution in [0.4, 0.5) is 0 Å². The Bertz CT molecular complexity index is 664. The average molecular weight is 292 g/mol. The van der Waals surface area contributed by atoms with Gasteiger partial charge in [0.25, 0.3) is 5.56 Å². The van der Waals surface area contributed by atoms with Crippen molar-refractivity contribution in [2.75, 3.05) is 6.61 Å². The Morgan fingerprint density at radius 2 is 2.15 bits per heavy atom. The first-order valence-corrected chi connectivity index (χ1v) is 5.66. The Balaban J connectivity index is 0.00000110. The Kier molecular flexibility index (Phi) is 4.59. The van der Waals surface area contributed by atoms with Crippen LogP contribution in [0.3, 0.4) is 0 Å². The molecule has 1 aliphatic heterocycles. The van der Waals surface area contributed by atoms with E-state index in [1.807, 2.05) is 0 Å². The predicted molar refractivity (Wildman–Crippen MR) is 62.3 cm³/mol. The number of nitrogens with zero attached hydrogens (tertiary/aromatic N) is 3. The van der Waals surface area contributed by atoms with Gasteiger partial charge in [-0.3, -0.25) is 9.36 Å². The van der Waals surface area contributed by atoms with Crippen LogP contribution in [0.25, 0.3) is 11.2 Å². The standard InChI is InChI=1S/C10H12N4O5.Na.H/c15-1-4-6(16)7(17)10(19-4)14-3-13-5-8(14)11-2-12-9(5)18;;/h2-4,6-7,10,15-17H,1H2,(H,11,12,18);;/q;+1;-1/t4-,6?,7?,10-;;/m1../s1. The van der Waals surface area contributed by atoms with Crippen LogP contribution in [-0.4, -0.2) is 59.8 Å². The third-order valence-corrected chi connectivity index (χ3v) is 3.16. The fourth-order valence-corrected chi connectivity index (χ4v) is 2.16. The second-order valence-electron chi connectivity index (χ2n) is 4.28. The summed E-state index contributed by atoms with van der Waals surface area (Å²) >= 11 is 0. The molecule has 4 atom stereocenters. The molecule has 20 heavy (non-hydrogen) atoms. The summed E-state index contributed by atoms with van der Waals surface area (Å²) in [6.45, 7) is -0.421. The first-order valence-electron chi connectivity index (χ1n) is 5.66. The summed E-state index contributed by atoms with van der Waals surface area (Å²) < 4.78 is 6.70. The maximum Gasteiger partial charge on any atom is 1.00 e. The fraction of sp³-hybridized carbons (Fsp3) is 0.500. The third kappa shape index (κ3) is 2.31. The van der Waals surface area contributed by atoms with E-state index >= 15 is 0 Å². The number of aromatic amines is 1. The summed E-state index contributed by atoms with van der Waals surface area (Å²) in [6.07, 6.45) is -1.78. The first-order chi connectivity index (χ1) is 9.13. The minimum atomic E-state index is -1.24. The molecule has 3 heterocycles. The molecule has 1 saturated heterocycles. The van der Waals surface area contributed by atoms with Crippen LogP contribution in [0.5, 0.6) is 0 Å². The quantitative estimate of drug-likeness (QED) is 0.407. The summed E-state index contributed by atoms with van der Waals surface area (Å²) in [5, 5.41) is 28.6. The van der Waals surface area contributed by atoms with E-state index in [0.29, 0.717) is 0 Å².